The fourth-order valence-corrected chi connectivity index (χ4v) is 2.86. The zero-order valence-electron chi connectivity index (χ0n) is 13.2. The summed E-state index contributed by atoms with van der Waals surface area (Å²) in [4.78, 5) is 26.1. The average molecular weight is 326 g/mol. The molecule has 0 spiro atoms. The van der Waals surface area contributed by atoms with E-state index in [1.165, 1.54) is 12.1 Å². The summed E-state index contributed by atoms with van der Waals surface area (Å²) in [5.41, 5.74) is 1.75. The molecule has 0 bridgehead atoms. The van der Waals surface area contributed by atoms with Crippen LogP contribution in [0, 0.1) is 5.82 Å². The van der Waals surface area contributed by atoms with Crippen LogP contribution in [0.1, 0.15) is 18.4 Å². The number of amides is 2. The van der Waals surface area contributed by atoms with Crippen LogP contribution in [-0.2, 0) is 16.0 Å². The van der Waals surface area contributed by atoms with E-state index in [1.807, 2.05) is 30.3 Å². The van der Waals surface area contributed by atoms with Crippen LogP contribution in [0.15, 0.2) is 54.6 Å². The van der Waals surface area contributed by atoms with E-state index >= 15 is 0 Å². The lowest BCUT2D eigenvalue weighted by molar-refractivity contribution is -0.126. The SMILES string of the molecule is O=C(CCc1ccccc1)N[C@@H]1CCN(c2ccc(F)cc2)C1=O. The zero-order chi connectivity index (χ0) is 16.9. The third kappa shape index (κ3) is 3.79. The largest absolute Gasteiger partial charge is 0.344 e. The summed E-state index contributed by atoms with van der Waals surface area (Å²) in [6.45, 7) is 0.522. The van der Waals surface area contributed by atoms with Gasteiger partial charge in [-0.3, -0.25) is 9.59 Å². The highest BCUT2D eigenvalue weighted by Gasteiger charge is 2.33. The van der Waals surface area contributed by atoms with Crippen LogP contribution < -0.4 is 10.2 Å². The van der Waals surface area contributed by atoms with Crippen LogP contribution in [0.4, 0.5) is 10.1 Å². The molecule has 2 aromatic carbocycles. The fraction of sp³-hybridized carbons (Fsp3) is 0.263. The number of carbonyl (C=O) groups is 2. The smallest absolute Gasteiger partial charge is 0.249 e. The van der Waals surface area contributed by atoms with Gasteiger partial charge in [-0.1, -0.05) is 30.3 Å². The topological polar surface area (TPSA) is 49.4 Å². The second-order valence-electron chi connectivity index (χ2n) is 5.86. The second kappa shape index (κ2) is 7.25. The number of aryl methyl sites for hydroxylation is 1. The van der Waals surface area contributed by atoms with Crippen molar-refractivity contribution in [3.05, 3.63) is 66.0 Å². The standard InChI is InChI=1S/C19H19FN2O2/c20-15-7-9-16(10-8-15)22-13-12-17(19(22)24)21-18(23)11-6-14-4-2-1-3-5-14/h1-5,7-10,17H,6,11-13H2,(H,21,23)/t17-/m1/s1. The van der Waals surface area contributed by atoms with Crippen molar-refractivity contribution in [3.8, 4) is 0 Å². The highest BCUT2D eigenvalue weighted by molar-refractivity contribution is 6.01. The lowest BCUT2D eigenvalue weighted by Crippen LogP contribution is -2.41. The zero-order valence-corrected chi connectivity index (χ0v) is 13.2. The summed E-state index contributed by atoms with van der Waals surface area (Å²) in [6.07, 6.45) is 1.56. The van der Waals surface area contributed by atoms with Crippen LogP contribution in [0.25, 0.3) is 0 Å². The predicted molar refractivity (Wildman–Crippen MR) is 90.1 cm³/mol. The van der Waals surface area contributed by atoms with E-state index in [4.69, 9.17) is 0 Å². The van der Waals surface area contributed by atoms with Crippen molar-refractivity contribution in [1.82, 2.24) is 5.32 Å². The summed E-state index contributed by atoms with van der Waals surface area (Å²) >= 11 is 0. The average Bonchev–Trinajstić information content (AvgIpc) is 2.95. The summed E-state index contributed by atoms with van der Waals surface area (Å²) in [5, 5.41) is 2.81. The number of nitrogens with one attached hydrogen (secondary N) is 1. The summed E-state index contributed by atoms with van der Waals surface area (Å²) in [7, 11) is 0. The van der Waals surface area contributed by atoms with E-state index < -0.39 is 6.04 Å². The normalized spacial score (nSPS) is 17.1. The molecule has 1 aliphatic rings. The van der Waals surface area contributed by atoms with Gasteiger partial charge in [0.2, 0.25) is 11.8 Å². The summed E-state index contributed by atoms with van der Waals surface area (Å²) < 4.78 is 13.0. The first-order valence-electron chi connectivity index (χ1n) is 8.04. The molecule has 2 aromatic rings. The Hall–Kier alpha value is -2.69. The van der Waals surface area contributed by atoms with E-state index in [0.29, 0.717) is 31.5 Å². The molecule has 0 unspecified atom stereocenters. The molecule has 1 heterocycles. The number of halogens is 1. The third-order valence-corrected chi connectivity index (χ3v) is 4.16. The van der Waals surface area contributed by atoms with Gasteiger partial charge in [0.1, 0.15) is 11.9 Å². The Morgan fingerprint density at radius 2 is 1.83 bits per heavy atom. The maximum atomic E-state index is 13.0. The number of hydrogen-bond donors (Lipinski definition) is 1. The molecule has 0 radical (unpaired) electrons. The van der Waals surface area contributed by atoms with Crippen LogP contribution in [0.2, 0.25) is 0 Å². The number of rotatable bonds is 5. The van der Waals surface area contributed by atoms with Gasteiger partial charge in [-0.2, -0.15) is 0 Å². The fourth-order valence-electron chi connectivity index (χ4n) is 2.86. The van der Waals surface area contributed by atoms with Crippen molar-refractivity contribution in [1.29, 1.82) is 0 Å². The number of hydrogen-bond acceptors (Lipinski definition) is 2. The molecular formula is C19H19FN2O2. The minimum absolute atomic E-state index is 0.127. The van der Waals surface area contributed by atoms with Gasteiger partial charge in [-0.15, -0.1) is 0 Å². The molecule has 1 saturated heterocycles. The minimum Gasteiger partial charge on any atom is -0.344 e. The van der Waals surface area contributed by atoms with Gasteiger partial charge in [-0.25, -0.2) is 4.39 Å². The Morgan fingerprint density at radius 1 is 1.12 bits per heavy atom. The first-order valence-corrected chi connectivity index (χ1v) is 8.04. The Bertz CT molecular complexity index is 716. The van der Waals surface area contributed by atoms with Crippen molar-refractivity contribution in [2.75, 3.05) is 11.4 Å². The molecule has 1 N–H and O–H groups in total. The Labute approximate surface area is 140 Å². The van der Waals surface area contributed by atoms with Gasteiger partial charge in [0.25, 0.3) is 0 Å². The molecule has 3 rings (SSSR count). The molecule has 0 aliphatic carbocycles. The highest BCUT2D eigenvalue weighted by atomic mass is 19.1. The van der Waals surface area contributed by atoms with Gasteiger partial charge in [0.05, 0.1) is 0 Å². The Kier molecular flexibility index (Phi) is 4.89. The molecular weight excluding hydrogens is 307 g/mol. The first kappa shape index (κ1) is 16.2. The molecule has 0 saturated carbocycles. The lowest BCUT2D eigenvalue weighted by atomic mass is 10.1. The van der Waals surface area contributed by atoms with Crippen LogP contribution in [-0.4, -0.2) is 24.4 Å². The molecule has 1 aliphatic heterocycles. The number of carbonyl (C=O) groups excluding carboxylic acids is 2. The van der Waals surface area contributed by atoms with Crippen LogP contribution >= 0.6 is 0 Å². The number of nitrogens with zero attached hydrogens (tertiary/aromatic N) is 1. The quantitative estimate of drug-likeness (QED) is 0.918. The highest BCUT2D eigenvalue weighted by Crippen LogP contribution is 2.22. The molecule has 5 heteroatoms. The van der Waals surface area contributed by atoms with Gasteiger partial charge in [0, 0.05) is 18.7 Å². The minimum atomic E-state index is -0.502. The third-order valence-electron chi connectivity index (χ3n) is 4.16. The molecule has 24 heavy (non-hydrogen) atoms. The van der Waals surface area contributed by atoms with Crippen molar-refractivity contribution >= 4 is 17.5 Å². The van der Waals surface area contributed by atoms with Gasteiger partial charge >= 0.3 is 0 Å². The number of benzene rings is 2. The van der Waals surface area contributed by atoms with Gasteiger partial charge in [-0.05, 0) is 42.7 Å². The Balaban J connectivity index is 1.53. The van der Waals surface area contributed by atoms with Crippen LogP contribution in [0.3, 0.4) is 0 Å². The van der Waals surface area contributed by atoms with E-state index in [2.05, 4.69) is 5.32 Å². The maximum absolute atomic E-state index is 13.0. The van der Waals surface area contributed by atoms with Gasteiger partial charge in [0.15, 0.2) is 0 Å². The second-order valence-corrected chi connectivity index (χ2v) is 5.86. The summed E-state index contributed by atoms with van der Waals surface area (Å²) in [5.74, 6) is -0.607. The molecule has 1 atom stereocenters. The molecule has 4 nitrogen and oxygen atoms in total. The maximum Gasteiger partial charge on any atom is 0.249 e. The summed E-state index contributed by atoms with van der Waals surface area (Å²) in [6, 6.07) is 15.1. The Morgan fingerprint density at radius 3 is 2.54 bits per heavy atom. The first-order chi connectivity index (χ1) is 11.6. The molecule has 2 amide bonds. The molecule has 1 fully saturated rings. The number of anilines is 1. The van der Waals surface area contributed by atoms with Gasteiger partial charge < -0.3 is 10.2 Å². The molecule has 0 aromatic heterocycles. The van der Waals surface area contributed by atoms with Crippen molar-refractivity contribution in [3.63, 3.8) is 0 Å². The van der Waals surface area contributed by atoms with E-state index in [0.717, 1.165) is 5.56 Å². The van der Waals surface area contributed by atoms with Crippen LogP contribution in [0.5, 0.6) is 0 Å². The van der Waals surface area contributed by atoms with E-state index in [1.54, 1.807) is 17.0 Å². The van der Waals surface area contributed by atoms with Crippen molar-refractivity contribution < 1.29 is 14.0 Å². The van der Waals surface area contributed by atoms with Crippen molar-refractivity contribution in [2.24, 2.45) is 0 Å². The molecule has 124 valence electrons. The monoisotopic (exact) mass is 326 g/mol. The van der Waals surface area contributed by atoms with Crippen molar-refractivity contribution in [2.45, 2.75) is 25.3 Å². The lowest BCUT2D eigenvalue weighted by Gasteiger charge is -2.17. The predicted octanol–water partition coefficient (Wildman–Crippen LogP) is 2.68. The van der Waals surface area contributed by atoms with E-state index in [9.17, 15) is 14.0 Å². The van der Waals surface area contributed by atoms with E-state index in [-0.39, 0.29) is 17.6 Å².